The van der Waals surface area contributed by atoms with Gasteiger partial charge in [0.1, 0.15) is 5.56 Å². The normalized spacial score (nSPS) is 10.9. The van der Waals surface area contributed by atoms with Gasteiger partial charge in [-0.3, -0.25) is 19.5 Å². The van der Waals surface area contributed by atoms with Crippen LogP contribution in [-0.2, 0) is 4.74 Å². The number of esters is 1. The molecular weight excluding hydrogens is 419 g/mol. The van der Waals surface area contributed by atoms with Crippen LogP contribution in [0.15, 0.2) is 29.2 Å². The van der Waals surface area contributed by atoms with Gasteiger partial charge in [-0.1, -0.05) is 11.6 Å². The number of carbonyl (C=O) groups is 1. The SMILES string of the molecule is CCOC(=O)c1cn(-c2cc([N+](=O)[O-])c(F)cc2F)c2nc(Cl)c(F)cc2c1=O. The minimum absolute atomic E-state index is 0.0973. The Balaban J connectivity index is 2.47. The standard InChI is InChI=1S/C17H9ClF3N3O5/c1-2-29-17(26)8-6-23(12-5-13(24(27)28)10(20)4-9(12)19)16-7(14(8)25)3-11(21)15(18)22-16/h3-6H,2H2,1H3. The van der Waals surface area contributed by atoms with Crippen molar-refractivity contribution in [3.63, 3.8) is 0 Å². The van der Waals surface area contributed by atoms with Crippen LogP contribution in [0.5, 0.6) is 0 Å². The van der Waals surface area contributed by atoms with Crippen LogP contribution in [0.2, 0.25) is 5.15 Å². The fourth-order valence-corrected chi connectivity index (χ4v) is 2.73. The number of benzene rings is 1. The van der Waals surface area contributed by atoms with Gasteiger partial charge >= 0.3 is 11.7 Å². The smallest absolute Gasteiger partial charge is 0.343 e. The summed E-state index contributed by atoms with van der Waals surface area (Å²) in [5.74, 6) is -4.89. The predicted molar refractivity (Wildman–Crippen MR) is 94.8 cm³/mol. The molecule has 3 aromatic rings. The molecule has 2 aromatic heterocycles. The maximum atomic E-state index is 14.5. The molecule has 0 aliphatic heterocycles. The molecule has 0 fully saturated rings. The van der Waals surface area contributed by atoms with Crippen molar-refractivity contribution in [3.05, 3.63) is 72.9 Å². The molecule has 0 aliphatic rings. The summed E-state index contributed by atoms with van der Waals surface area (Å²) < 4.78 is 47.5. The lowest BCUT2D eigenvalue weighted by molar-refractivity contribution is -0.387. The molecule has 0 saturated carbocycles. The van der Waals surface area contributed by atoms with E-state index in [0.29, 0.717) is 12.1 Å². The Morgan fingerprint density at radius 2 is 1.93 bits per heavy atom. The molecule has 0 N–H and O–H groups in total. The van der Waals surface area contributed by atoms with Crippen molar-refractivity contribution >= 4 is 34.3 Å². The summed E-state index contributed by atoms with van der Waals surface area (Å²) in [5.41, 5.74) is -3.69. The van der Waals surface area contributed by atoms with Crippen molar-refractivity contribution in [2.75, 3.05) is 6.61 Å². The number of aromatic nitrogens is 2. The Morgan fingerprint density at radius 3 is 2.55 bits per heavy atom. The van der Waals surface area contributed by atoms with Crippen LogP contribution in [0.3, 0.4) is 0 Å². The van der Waals surface area contributed by atoms with Gasteiger partial charge in [0.15, 0.2) is 22.4 Å². The van der Waals surface area contributed by atoms with Crippen LogP contribution in [0.1, 0.15) is 17.3 Å². The van der Waals surface area contributed by atoms with E-state index < -0.39 is 66.9 Å². The van der Waals surface area contributed by atoms with Crippen molar-refractivity contribution < 1.29 is 27.6 Å². The van der Waals surface area contributed by atoms with Gasteiger partial charge in [-0.25, -0.2) is 18.6 Å². The molecule has 8 nitrogen and oxygen atoms in total. The second kappa shape index (κ2) is 7.51. The van der Waals surface area contributed by atoms with Gasteiger partial charge in [0.05, 0.1) is 22.6 Å². The van der Waals surface area contributed by atoms with E-state index in [1.807, 2.05) is 0 Å². The minimum Gasteiger partial charge on any atom is -0.462 e. The third-order valence-electron chi connectivity index (χ3n) is 3.86. The molecule has 2 heterocycles. The fraction of sp³-hybridized carbons (Fsp3) is 0.118. The first-order valence-electron chi connectivity index (χ1n) is 7.88. The van der Waals surface area contributed by atoms with Gasteiger partial charge < -0.3 is 4.74 Å². The number of ether oxygens (including phenoxy) is 1. The van der Waals surface area contributed by atoms with E-state index in [4.69, 9.17) is 16.3 Å². The van der Waals surface area contributed by atoms with Crippen LogP contribution in [0, 0.1) is 27.6 Å². The first-order chi connectivity index (χ1) is 13.6. The molecule has 12 heteroatoms. The average Bonchev–Trinajstić information content (AvgIpc) is 2.64. The fourth-order valence-electron chi connectivity index (χ4n) is 2.59. The summed E-state index contributed by atoms with van der Waals surface area (Å²) in [6.45, 7) is 1.38. The highest BCUT2D eigenvalue weighted by Gasteiger charge is 2.24. The number of halogens is 4. The molecule has 0 saturated heterocycles. The van der Waals surface area contributed by atoms with E-state index in [0.717, 1.165) is 10.8 Å². The quantitative estimate of drug-likeness (QED) is 0.273. The molecule has 0 unspecified atom stereocenters. The Hall–Kier alpha value is -3.47. The number of carbonyl (C=O) groups excluding carboxylic acids is 1. The topological polar surface area (TPSA) is 104 Å². The molecule has 3 rings (SSSR count). The second-order valence-corrected chi connectivity index (χ2v) is 5.96. The number of nitro benzene ring substituents is 1. The Kier molecular flexibility index (Phi) is 5.25. The van der Waals surface area contributed by atoms with Crippen LogP contribution >= 0.6 is 11.6 Å². The molecule has 0 amide bonds. The average molecular weight is 428 g/mol. The van der Waals surface area contributed by atoms with Gasteiger partial charge in [-0.15, -0.1) is 0 Å². The Morgan fingerprint density at radius 1 is 1.24 bits per heavy atom. The van der Waals surface area contributed by atoms with E-state index >= 15 is 0 Å². The largest absolute Gasteiger partial charge is 0.462 e. The lowest BCUT2D eigenvalue weighted by atomic mass is 10.1. The number of rotatable bonds is 4. The van der Waals surface area contributed by atoms with Crippen LogP contribution in [0.4, 0.5) is 18.9 Å². The highest BCUT2D eigenvalue weighted by atomic mass is 35.5. The molecule has 0 aliphatic carbocycles. The molecule has 29 heavy (non-hydrogen) atoms. The van der Waals surface area contributed by atoms with Gasteiger partial charge in [0.25, 0.3) is 0 Å². The first kappa shape index (κ1) is 20.3. The Bertz CT molecular complexity index is 1250. The minimum atomic E-state index is -1.44. The lowest BCUT2D eigenvalue weighted by Crippen LogP contribution is -2.21. The summed E-state index contributed by atoms with van der Waals surface area (Å²) in [5, 5.41) is 9.87. The summed E-state index contributed by atoms with van der Waals surface area (Å²) >= 11 is 5.64. The zero-order chi connectivity index (χ0) is 21.5. The predicted octanol–water partition coefficient (Wildman–Crippen LogP) is 3.54. The lowest BCUT2D eigenvalue weighted by Gasteiger charge is -2.14. The molecule has 0 spiro atoms. The van der Waals surface area contributed by atoms with Gasteiger partial charge in [-0.2, -0.15) is 4.39 Å². The summed E-state index contributed by atoms with van der Waals surface area (Å²) in [7, 11) is 0. The van der Waals surface area contributed by atoms with Crippen molar-refractivity contribution in [1.82, 2.24) is 9.55 Å². The number of hydrogen-bond donors (Lipinski definition) is 0. The van der Waals surface area contributed by atoms with E-state index in [1.165, 1.54) is 6.92 Å². The molecule has 1 aromatic carbocycles. The second-order valence-electron chi connectivity index (χ2n) is 5.61. The molecular formula is C17H9ClF3N3O5. The van der Waals surface area contributed by atoms with E-state index in [9.17, 15) is 32.9 Å². The van der Waals surface area contributed by atoms with E-state index in [2.05, 4.69) is 4.98 Å². The summed E-state index contributed by atoms with van der Waals surface area (Å²) in [6.07, 6.45) is 0.809. The maximum Gasteiger partial charge on any atom is 0.343 e. The number of nitrogens with zero attached hydrogens (tertiary/aromatic N) is 3. The van der Waals surface area contributed by atoms with Crippen LogP contribution < -0.4 is 5.43 Å². The molecule has 0 atom stereocenters. The van der Waals surface area contributed by atoms with E-state index in [1.54, 1.807) is 0 Å². The Labute approximate surface area is 164 Å². The highest BCUT2D eigenvalue weighted by molar-refractivity contribution is 6.29. The molecule has 0 radical (unpaired) electrons. The number of hydrogen-bond acceptors (Lipinski definition) is 6. The van der Waals surface area contributed by atoms with Crippen molar-refractivity contribution in [3.8, 4) is 5.69 Å². The number of fused-ring (bicyclic) bond motifs is 1. The highest BCUT2D eigenvalue weighted by Crippen LogP contribution is 2.27. The summed E-state index contributed by atoms with van der Waals surface area (Å²) in [4.78, 5) is 38.3. The van der Waals surface area contributed by atoms with Gasteiger partial charge in [0.2, 0.25) is 11.2 Å². The first-order valence-corrected chi connectivity index (χ1v) is 8.25. The molecule has 0 bridgehead atoms. The molecule has 150 valence electrons. The third kappa shape index (κ3) is 3.51. The zero-order valence-electron chi connectivity index (χ0n) is 14.4. The monoisotopic (exact) mass is 427 g/mol. The van der Waals surface area contributed by atoms with Crippen LogP contribution in [0.25, 0.3) is 16.7 Å². The van der Waals surface area contributed by atoms with Crippen LogP contribution in [-0.4, -0.2) is 27.1 Å². The van der Waals surface area contributed by atoms with Crippen molar-refractivity contribution in [2.45, 2.75) is 6.92 Å². The summed E-state index contributed by atoms with van der Waals surface area (Å²) in [6, 6.07) is 1.48. The number of nitro groups is 1. The van der Waals surface area contributed by atoms with E-state index in [-0.39, 0.29) is 12.7 Å². The third-order valence-corrected chi connectivity index (χ3v) is 4.12. The zero-order valence-corrected chi connectivity index (χ0v) is 15.2. The van der Waals surface area contributed by atoms with Crippen molar-refractivity contribution in [2.24, 2.45) is 0 Å². The van der Waals surface area contributed by atoms with Gasteiger partial charge in [0, 0.05) is 18.3 Å². The maximum absolute atomic E-state index is 14.5. The number of pyridine rings is 2. The van der Waals surface area contributed by atoms with Gasteiger partial charge in [-0.05, 0) is 13.0 Å². The van der Waals surface area contributed by atoms with Crippen molar-refractivity contribution in [1.29, 1.82) is 0 Å².